The number of Topliss-reactive ketones (excluding diaryl/α,β-unsaturated/α-hetero) is 1. The third kappa shape index (κ3) is 3.71. The summed E-state index contributed by atoms with van der Waals surface area (Å²) in [6, 6.07) is 8.06. The number of rotatable bonds is 2. The van der Waals surface area contributed by atoms with E-state index in [9.17, 15) is 9.59 Å². The minimum absolute atomic E-state index is 0.206. The lowest BCUT2D eigenvalue weighted by molar-refractivity contribution is -0.124. The van der Waals surface area contributed by atoms with Gasteiger partial charge in [-0.05, 0) is 57.2 Å². The summed E-state index contributed by atoms with van der Waals surface area (Å²) in [6.07, 6.45) is 2.48. The zero-order valence-electron chi connectivity index (χ0n) is 16.2. The van der Waals surface area contributed by atoms with Gasteiger partial charge in [-0.2, -0.15) is 0 Å². The molecule has 2 atom stereocenters. The van der Waals surface area contributed by atoms with E-state index >= 15 is 0 Å². The molecule has 0 radical (unpaired) electrons. The van der Waals surface area contributed by atoms with E-state index in [1.165, 1.54) is 0 Å². The minimum atomic E-state index is -0.499. The summed E-state index contributed by atoms with van der Waals surface area (Å²) >= 11 is 0. The van der Waals surface area contributed by atoms with Gasteiger partial charge in [-0.1, -0.05) is 12.1 Å². The maximum absolute atomic E-state index is 12.5. The van der Waals surface area contributed by atoms with Crippen LogP contribution in [0.2, 0.25) is 0 Å². The molecule has 1 aromatic rings. The summed E-state index contributed by atoms with van der Waals surface area (Å²) in [5.41, 5.74) is 0.447. The van der Waals surface area contributed by atoms with E-state index < -0.39 is 5.60 Å². The molecular weight excluding hydrogens is 330 g/mol. The molecule has 1 aromatic carbocycles. The van der Waals surface area contributed by atoms with Crippen LogP contribution in [0.3, 0.4) is 0 Å². The van der Waals surface area contributed by atoms with Crippen molar-refractivity contribution in [2.75, 3.05) is 20.2 Å². The Kier molecular flexibility index (Phi) is 5.00. The van der Waals surface area contributed by atoms with Crippen LogP contribution in [0.15, 0.2) is 24.3 Å². The Morgan fingerprint density at radius 1 is 1.31 bits per heavy atom. The molecule has 1 heterocycles. The molecule has 0 unspecified atom stereocenters. The first-order valence-electron chi connectivity index (χ1n) is 9.38. The Balaban J connectivity index is 1.86. The first-order chi connectivity index (χ1) is 12.2. The largest absolute Gasteiger partial charge is 0.497 e. The van der Waals surface area contributed by atoms with Crippen molar-refractivity contribution in [1.29, 1.82) is 0 Å². The Morgan fingerprint density at radius 3 is 2.77 bits per heavy atom. The van der Waals surface area contributed by atoms with Gasteiger partial charge >= 0.3 is 6.09 Å². The van der Waals surface area contributed by atoms with Gasteiger partial charge in [0.05, 0.1) is 7.11 Å². The summed E-state index contributed by atoms with van der Waals surface area (Å²) in [7, 11) is 1.66. The Hall–Kier alpha value is -2.04. The van der Waals surface area contributed by atoms with Gasteiger partial charge < -0.3 is 14.4 Å². The summed E-state index contributed by atoms with van der Waals surface area (Å²) in [5, 5.41) is 0. The Bertz CT molecular complexity index is 693. The van der Waals surface area contributed by atoms with Crippen molar-refractivity contribution in [3.05, 3.63) is 29.8 Å². The third-order valence-electron chi connectivity index (χ3n) is 5.63. The van der Waals surface area contributed by atoms with Gasteiger partial charge in [0.1, 0.15) is 17.1 Å². The van der Waals surface area contributed by atoms with Crippen molar-refractivity contribution in [2.24, 2.45) is 5.92 Å². The van der Waals surface area contributed by atoms with Crippen LogP contribution in [0.25, 0.3) is 0 Å². The van der Waals surface area contributed by atoms with Crippen LogP contribution in [-0.2, 0) is 14.9 Å². The number of fused-ring (bicyclic) bond motifs is 1. The van der Waals surface area contributed by atoms with Crippen LogP contribution in [-0.4, -0.2) is 42.6 Å². The molecule has 1 amide bonds. The van der Waals surface area contributed by atoms with Gasteiger partial charge in [0.15, 0.2) is 0 Å². The quantitative estimate of drug-likeness (QED) is 0.802. The molecule has 0 bridgehead atoms. The fourth-order valence-corrected chi connectivity index (χ4v) is 4.35. The van der Waals surface area contributed by atoms with Crippen LogP contribution >= 0.6 is 0 Å². The number of likely N-dealkylation sites (tertiary alicyclic amines) is 1. The monoisotopic (exact) mass is 359 g/mol. The van der Waals surface area contributed by atoms with Crippen molar-refractivity contribution in [3.63, 3.8) is 0 Å². The molecule has 0 aromatic heterocycles. The summed E-state index contributed by atoms with van der Waals surface area (Å²) in [6.45, 7) is 6.90. The van der Waals surface area contributed by atoms with E-state index in [4.69, 9.17) is 9.47 Å². The van der Waals surface area contributed by atoms with Crippen molar-refractivity contribution in [3.8, 4) is 5.75 Å². The molecule has 5 heteroatoms. The number of nitrogens with zero attached hydrogens (tertiary/aromatic N) is 1. The fourth-order valence-electron chi connectivity index (χ4n) is 4.35. The van der Waals surface area contributed by atoms with Gasteiger partial charge in [-0.25, -0.2) is 4.79 Å². The van der Waals surface area contributed by atoms with Gasteiger partial charge in [0, 0.05) is 31.3 Å². The van der Waals surface area contributed by atoms with E-state index in [1.54, 1.807) is 7.11 Å². The predicted octanol–water partition coefficient (Wildman–Crippen LogP) is 3.94. The lowest BCUT2D eigenvalue weighted by Gasteiger charge is -2.50. The van der Waals surface area contributed by atoms with Gasteiger partial charge in [0.25, 0.3) is 0 Å². The highest BCUT2D eigenvalue weighted by molar-refractivity contribution is 5.81. The number of methoxy groups -OCH3 is 1. The molecule has 1 saturated carbocycles. The fraction of sp³-hybridized carbons (Fsp3) is 0.619. The molecule has 5 nitrogen and oxygen atoms in total. The van der Waals surface area contributed by atoms with E-state index in [0.29, 0.717) is 31.7 Å². The predicted molar refractivity (Wildman–Crippen MR) is 99.4 cm³/mol. The van der Waals surface area contributed by atoms with E-state index in [2.05, 4.69) is 12.1 Å². The van der Waals surface area contributed by atoms with Gasteiger partial charge in [-0.15, -0.1) is 0 Å². The molecule has 1 saturated heterocycles. The molecule has 26 heavy (non-hydrogen) atoms. The number of ether oxygens (including phenoxy) is 2. The Labute approximate surface area is 155 Å². The number of hydrogen-bond donors (Lipinski definition) is 0. The van der Waals surface area contributed by atoms with Crippen molar-refractivity contribution in [1.82, 2.24) is 4.90 Å². The van der Waals surface area contributed by atoms with E-state index in [0.717, 1.165) is 24.2 Å². The molecule has 0 N–H and O–H groups in total. The molecule has 3 rings (SSSR count). The molecule has 2 fully saturated rings. The standard InChI is InChI=1S/C21H29NO4/c1-20(2,3)26-19(24)22-11-10-21(13-17(23)9-8-16(21)14-22)15-6-5-7-18(12-15)25-4/h5-7,12,16H,8-11,13-14H2,1-4H3/t16-,21+/m0/s1. The number of hydrogen-bond acceptors (Lipinski definition) is 4. The molecule has 0 spiro atoms. The first kappa shape index (κ1) is 18.7. The molecular formula is C21H29NO4. The van der Waals surface area contributed by atoms with Crippen LogP contribution in [0, 0.1) is 5.92 Å². The number of piperidine rings is 1. The number of benzene rings is 1. The number of amides is 1. The third-order valence-corrected chi connectivity index (χ3v) is 5.63. The van der Waals surface area contributed by atoms with Crippen molar-refractivity contribution < 1.29 is 19.1 Å². The van der Waals surface area contributed by atoms with Crippen molar-refractivity contribution in [2.45, 2.75) is 57.5 Å². The Morgan fingerprint density at radius 2 is 2.08 bits per heavy atom. The topological polar surface area (TPSA) is 55.8 Å². The zero-order valence-corrected chi connectivity index (χ0v) is 16.2. The van der Waals surface area contributed by atoms with E-state index in [-0.39, 0.29) is 17.4 Å². The van der Waals surface area contributed by atoms with Gasteiger partial charge in [-0.3, -0.25) is 4.79 Å². The molecule has 142 valence electrons. The molecule has 2 aliphatic rings. The minimum Gasteiger partial charge on any atom is -0.497 e. The SMILES string of the molecule is COc1cccc([C@]23CCN(C(=O)OC(C)(C)C)C[C@@H]2CCC(=O)C3)c1. The number of carbonyl (C=O) groups excluding carboxylic acids is 2. The highest BCUT2D eigenvalue weighted by Gasteiger charge is 2.49. The van der Waals surface area contributed by atoms with Crippen LogP contribution in [0.5, 0.6) is 5.75 Å². The molecule has 1 aliphatic carbocycles. The number of carbonyl (C=O) groups is 2. The number of ketones is 1. The van der Waals surface area contributed by atoms with E-state index in [1.807, 2.05) is 37.8 Å². The maximum Gasteiger partial charge on any atom is 0.410 e. The second-order valence-corrected chi connectivity index (χ2v) is 8.52. The average Bonchev–Trinajstić information content (AvgIpc) is 2.59. The van der Waals surface area contributed by atoms with Crippen molar-refractivity contribution >= 4 is 11.9 Å². The maximum atomic E-state index is 12.5. The average molecular weight is 359 g/mol. The normalized spacial score (nSPS) is 26.2. The highest BCUT2D eigenvalue weighted by atomic mass is 16.6. The van der Waals surface area contributed by atoms with Crippen LogP contribution in [0.4, 0.5) is 4.79 Å². The second-order valence-electron chi connectivity index (χ2n) is 8.52. The highest BCUT2D eigenvalue weighted by Crippen LogP contribution is 2.48. The van der Waals surface area contributed by atoms with Gasteiger partial charge in [0.2, 0.25) is 0 Å². The summed E-state index contributed by atoms with van der Waals surface area (Å²) in [4.78, 5) is 26.6. The van der Waals surface area contributed by atoms with Crippen LogP contribution < -0.4 is 4.74 Å². The first-order valence-corrected chi connectivity index (χ1v) is 9.38. The molecule has 1 aliphatic heterocycles. The summed E-state index contributed by atoms with van der Waals surface area (Å²) < 4.78 is 10.9. The smallest absolute Gasteiger partial charge is 0.410 e. The zero-order chi connectivity index (χ0) is 18.9. The summed E-state index contributed by atoms with van der Waals surface area (Å²) in [5.74, 6) is 1.38. The van der Waals surface area contributed by atoms with Crippen LogP contribution in [0.1, 0.15) is 52.0 Å². The lowest BCUT2D eigenvalue weighted by atomic mass is 9.59. The lowest BCUT2D eigenvalue weighted by Crippen LogP contribution is -2.55. The second kappa shape index (κ2) is 6.93.